The summed E-state index contributed by atoms with van der Waals surface area (Å²) in [6, 6.07) is 92.3. The van der Waals surface area contributed by atoms with Crippen molar-refractivity contribution in [3.05, 3.63) is 379 Å². The first-order valence-electron chi connectivity index (χ1n) is 46.3. The maximum Gasteiger partial charge on any atom is 0.261 e. The van der Waals surface area contributed by atoms with E-state index in [0.717, 1.165) is 121 Å². The fourth-order valence-corrected chi connectivity index (χ4v) is 18.7. The van der Waals surface area contributed by atoms with Gasteiger partial charge in [0.15, 0.2) is 11.6 Å². The van der Waals surface area contributed by atoms with Crippen LogP contribution in [0.3, 0.4) is 0 Å². The summed E-state index contributed by atoms with van der Waals surface area (Å²) in [6.45, 7) is 17.2. The maximum absolute atomic E-state index is 12.9. The first kappa shape index (κ1) is 101. The molecule has 0 aliphatic heterocycles. The molecule has 21 nitrogen and oxygen atoms in total. The van der Waals surface area contributed by atoms with Gasteiger partial charge in [-0.2, -0.15) is 0 Å². The van der Waals surface area contributed by atoms with Gasteiger partial charge in [-0.15, -0.1) is 45.3 Å². The van der Waals surface area contributed by atoms with Gasteiger partial charge in [-0.3, -0.25) is 19.2 Å². The Kier molecular flexibility index (Phi) is 38.7. The Morgan fingerprint density at radius 2 is 0.737 bits per heavy atom. The quantitative estimate of drug-likeness (QED) is 0.0127. The molecular weight excluding hydrogens is 1800 g/mol. The number of aliphatic hydroxyl groups excluding tert-OH is 2. The number of amides is 2. The van der Waals surface area contributed by atoms with Crippen LogP contribution in [0.15, 0.2) is 310 Å². The largest absolute Gasteiger partial charge is 0.395 e. The van der Waals surface area contributed by atoms with Crippen molar-refractivity contribution in [2.45, 2.75) is 150 Å². The minimum atomic E-state index is -0.541. The molecule has 26 heteroatoms. The topological polar surface area (TPSA) is 296 Å². The molecule has 0 radical (unpaired) electrons. The molecule has 0 saturated heterocycles. The molecule has 1 unspecified atom stereocenters. The highest BCUT2D eigenvalue weighted by Gasteiger charge is 2.21. The molecule has 9 N–H and O–H groups in total. The van der Waals surface area contributed by atoms with Gasteiger partial charge >= 0.3 is 0 Å². The summed E-state index contributed by atoms with van der Waals surface area (Å²) in [6.07, 6.45) is 17.0. The van der Waals surface area contributed by atoms with Gasteiger partial charge in [-0.25, -0.2) is 39.9 Å². The van der Waals surface area contributed by atoms with E-state index in [1.54, 1.807) is 67.3 Å². The molecule has 0 aliphatic rings. The zero-order valence-electron chi connectivity index (χ0n) is 78.1. The second-order valence-corrected chi connectivity index (χ2v) is 39.0. The number of aliphatic hydroxyl groups is 2. The van der Waals surface area contributed by atoms with Gasteiger partial charge in [0.2, 0.25) is 23.8 Å². The van der Waals surface area contributed by atoms with E-state index in [0.29, 0.717) is 78.3 Å². The van der Waals surface area contributed by atoms with Crippen LogP contribution in [0.25, 0.3) is 42.3 Å². The Labute approximate surface area is 823 Å². The van der Waals surface area contributed by atoms with Crippen molar-refractivity contribution in [3.63, 3.8) is 0 Å². The number of anilines is 8. The number of hydrogen-bond acceptors (Lipinski definition) is 23. The highest BCUT2D eigenvalue weighted by atomic mass is 35.5. The summed E-state index contributed by atoms with van der Waals surface area (Å²) >= 11 is 11.9. The van der Waals surface area contributed by atoms with Crippen LogP contribution in [-0.2, 0) is 32.5 Å². The van der Waals surface area contributed by atoms with Crippen molar-refractivity contribution in [1.29, 1.82) is 0 Å². The van der Waals surface area contributed by atoms with E-state index < -0.39 is 6.10 Å². The van der Waals surface area contributed by atoms with Gasteiger partial charge in [0.1, 0.15) is 0 Å². The predicted molar refractivity (Wildman–Crippen MR) is 562 cm³/mol. The molecule has 8 aromatic carbocycles. The van der Waals surface area contributed by atoms with Crippen LogP contribution in [0.4, 0.5) is 46.5 Å². The van der Waals surface area contributed by atoms with Crippen LogP contribution in [0.1, 0.15) is 201 Å². The molecule has 0 saturated carbocycles. The molecule has 702 valence electrons. The number of nitrogens with zero attached hydrogens (tertiary/aromatic N) is 8. The molecule has 137 heavy (non-hydrogen) atoms. The van der Waals surface area contributed by atoms with E-state index in [2.05, 4.69) is 169 Å². The molecular formula is C111H116ClN15O6S4. The molecule has 16 aromatic rings. The number of nitrogens with one attached hydrogen (secondary N) is 7. The number of unbranched alkanes of at least 4 members (excludes halogenated alkanes) is 2. The normalized spacial score (nSPS) is 11.6. The lowest BCUT2D eigenvalue weighted by Crippen LogP contribution is -2.22. The number of benzene rings is 8. The molecule has 8 aromatic heterocycles. The third-order valence-electron chi connectivity index (χ3n) is 22.2. The fraction of sp³-hybridized carbons (Fsp3) is 0.243. The lowest BCUT2D eigenvalue weighted by atomic mass is 9.95. The minimum absolute atomic E-state index is 0.0940. The van der Waals surface area contributed by atoms with Crippen molar-refractivity contribution in [2.75, 3.05) is 34.4 Å². The molecule has 0 spiro atoms. The van der Waals surface area contributed by atoms with E-state index in [1.165, 1.54) is 94.8 Å². The number of Topliss-reactive ketones (excluding diaryl/α,β-unsaturated/α-hetero) is 2. The maximum atomic E-state index is 12.9. The lowest BCUT2D eigenvalue weighted by Gasteiger charge is -2.10. The number of halogens is 1. The summed E-state index contributed by atoms with van der Waals surface area (Å²) in [5, 5.41) is 41.5. The van der Waals surface area contributed by atoms with Gasteiger partial charge in [0, 0.05) is 95.5 Å². The summed E-state index contributed by atoms with van der Waals surface area (Å²) in [4.78, 5) is 93.7. The standard InChI is InChI=1S/2C31H35N3OS.C25H24ClN5O2S.C24H22N4O2S/c2*1-22(2)10-7-8-11-24-12-9-15-26(21-24)33-31-32-19-18-27(34-31)29-16-17-30(36-29)28(35)20-23(3)25-13-5-4-6-14-25;26-19-5-1-3-17(13-19)16-29-24(33)23-8-7-22(34-23)21-9-10-28-25(31-21)30-20-6-2-4-18(14-20)15-27-11-12-32;1-16(29)18-8-5-9-19(14-18)27-24-25-13-12-21(28-24)22-11-10-20(31-22)15-26-23(30)17-6-3-2-4-7-17/h2*4-6,9,12-19,21-23H,7-8,10-11,20H2,1-3H3,(H,32,33,34);1-10,13-14,27,32H,11-12,15-16H2,(H,29,33)(H,28,30,31);2-14,16,29H,15H2,1H3,(H,26,30)(H,25,27,28)/t2*23-;;/m00../s1. The predicted octanol–water partition coefficient (Wildman–Crippen LogP) is 26.9. The first-order chi connectivity index (χ1) is 66.6. The van der Waals surface area contributed by atoms with Gasteiger partial charge < -0.3 is 47.4 Å². The number of carbonyl (C=O) groups excluding carboxylic acids is 4. The zero-order valence-corrected chi connectivity index (χ0v) is 82.1. The zero-order chi connectivity index (χ0) is 96.0. The molecule has 3 atom stereocenters. The number of thiophene rings is 4. The van der Waals surface area contributed by atoms with E-state index in [1.807, 2.05) is 200 Å². The third kappa shape index (κ3) is 32.6. The van der Waals surface area contributed by atoms with Crippen LogP contribution in [0, 0.1) is 11.8 Å². The Balaban J connectivity index is 0.000000155. The third-order valence-corrected chi connectivity index (χ3v) is 26.9. The lowest BCUT2D eigenvalue weighted by molar-refractivity contribution is 0.0944. The van der Waals surface area contributed by atoms with Gasteiger partial charge in [-0.1, -0.05) is 218 Å². The van der Waals surface area contributed by atoms with Crippen LogP contribution in [0.5, 0.6) is 0 Å². The molecule has 2 amide bonds. The van der Waals surface area contributed by atoms with E-state index >= 15 is 0 Å². The Morgan fingerprint density at radius 3 is 1.18 bits per heavy atom. The molecule has 0 fully saturated rings. The smallest absolute Gasteiger partial charge is 0.261 e. The molecule has 0 aliphatic carbocycles. The monoisotopic (exact) mass is 1920 g/mol. The van der Waals surface area contributed by atoms with E-state index in [4.69, 9.17) is 26.7 Å². The molecule has 16 rings (SSSR count). The van der Waals surface area contributed by atoms with Gasteiger partial charge in [0.05, 0.1) is 76.2 Å². The molecule has 0 bridgehead atoms. The average molecular weight is 1920 g/mol. The minimum Gasteiger partial charge on any atom is -0.395 e. The SMILES string of the molecule is CC(C)CCCCc1cccc(Nc2nccc(-c3ccc(C(=O)C[C@H](C)c4ccccc4)s3)n2)c1.CC(C)CCCCc1cccc(Nc2nccc(-c3ccc(C(=O)C[C@H](C)c4ccccc4)s3)n2)c1.CC(O)c1cccc(Nc2nccc(-c3ccc(CNC(=O)c4ccccc4)s3)n2)c1.O=C(NCc1cccc(Cl)c1)c1ccc(-c2ccnc(Nc3cccc(CNCCO)c3)n2)s1. The van der Waals surface area contributed by atoms with Crippen LogP contribution in [-0.4, -0.2) is 86.6 Å². The van der Waals surface area contributed by atoms with Crippen LogP contribution < -0.4 is 37.2 Å². The number of carbonyl (C=O) groups is 4. The Bertz CT molecular complexity index is 6330. The number of aryl methyl sites for hydroxylation is 2. The van der Waals surface area contributed by atoms with Crippen molar-refractivity contribution >= 4 is 127 Å². The number of aromatic nitrogens is 8. The summed E-state index contributed by atoms with van der Waals surface area (Å²) in [7, 11) is 0. The van der Waals surface area contributed by atoms with Crippen molar-refractivity contribution in [1.82, 2.24) is 55.8 Å². The van der Waals surface area contributed by atoms with Gasteiger partial charge in [-0.05, 0) is 241 Å². The Hall–Kier alpha value is -13.5. The number of hydrogen-bond donors (Lipinski definition) is 9. The van der Waals surface area contributed by atoms with E-state index in [9.17, 15) is 24.3 Å². The Morgan fingerprint density at radius 1 is 0.358 bits per heavy atom. The summed E-state index contributed by atoms with van der Waals surface area (Å²) < 4.78 is 0. The highest BCUT2D eigenvalue weighted by molar-refractivity contribution is 7.18. The van der Waals surface area contributed by atoms with Crippen LogP contribution >= 0.6 is 56.9 Å². The summed E-state index contributed by atoms with van der Waals surface area (Å²) in [5.41, 5.74) is 15.3. The van der Waals surface area contributed by atoms with Crippen LogP contribution in [0.2, 0.25) is 5.02 Å². The second kappa shape index (κ2) is 52.6. The molecule has 8 heterocycles. The average Bonchev–Trinajstić information content (AvgIpc) is 1.74. The highest BCUT2D eigenvalue weighted by Crippen LogP contribution is 2.36. The number of ketones is 2. The van der Waals surface area contributed by atoms with Crippen molar-refractivity contribution in [3.8, 4) is 42.3 Å². The first-order valence-corrected chi connectivity index (χ1v) is 50.0. The fourth-order valence-electron chi connectivity index (χ4n) is 14.9. The summed E-state index contributed by atoms with van der Waals surface area (Å²) in [5.74, 6) is 4.06. The second-order valence-electron chi connectivity index (χ2n) is 34.1. The van der Waals surface area contributed by atoms with E-state index in [-0.39, 0.29) is 41.8 Å². The number of rotatable bonds is 41. The van der Waals surface area contributed by atoms with Crippen molar-refractivity contribution < 1.29 is 29.4 Å². The van der Waals surface area contributed by atoms with Crippen molar-refractivity contribution in [2.24, 2.45) is 11.8 Å². The van der Waals surface area contributed by atoms with Gasteiger partial charge in [0.25, 0.3) is 11.8 Å².